The first kappa shape index (κ1) is 12.1. The Hall–Kier alpha value is -1.02. The van der Waals surface area contributed by atoms with Crippen LogP contribution in [0.25, 0.3) is 0 Å². The van der Waals surface area contributed by atoms with Gasteiger partial charge < -0.3 is 10.4 Å². The quantitative estimate of drug-likeness (QED) is 0.674. The summed E-state index contributed by atoms with van der Waals surface area (Å²) in [5.74, 6) is 0. The van der Waals surface area contributed by atoms with Crippen molar-refractivity contribution in [3.05, 3.63) is 30.3 Å². The fourth-order valence-electron chi connectivity index (χ4n) is 1.62. The standard InChI is InChI=1S/C13H21NO/c1-2-3-5-10-13(11-15)14-12-8-6-4-7-9-12/h4,6-9,13-15H,2-3,5,10-11H2,1H3. The van der Waals surface area contributed by atoms with E-state index in [2.05, 4.69) is 12.2 Å². The minimum Gasteiger partial charge on any atom is -0.394 e. The fourth-order valence-corrected chi connectivity index (χ4v) is 1.62. The Balaban J connectivity index is 2.33. The van der Waals surface area contributed by atoms with Gasteiger partial charge in [0.15, 0.2) is 0 Å². The fraction of sp³-hybridized carbons (Fsp3) is 0.538. The van der Waals surface area contributed by atoms with Gasteiger partial charge in [0.25, 0.3) is 0 Å². The number of benzene rings is 1. The molecule has 0 radical (unpaired) electrons. The van der Waals surface area contributed by atoms with Crippen molar-refractivity contribution in [2.24, 2.45) is 0 Å². The number of hydrogen-bond donors (Lipinski definition) is 2. The zero-order valence-electron chi connectivity index (χ0n) is 9.45. The van der Waals surface area contributed by atoms with Crippen LogP contribution in [0.4, 0.5) is 5.69 Å². The zero-order valence-corrected chi connectivity index (χ0v) is 9.45. The van der Waals surface area contributed by atoms with Crippen LogP contribution in [-0.2, 0) is 0 Å². The molecule has 0 fully saturated rings. The van der Waals surface area contributed by atoms with Crippen LogP contribution in [0.15, 0.2) is 30.3 Å². The molecule has 0 aliphatic heterocycles. The van der Waals surface area contributed by atoms with Gasteiger partial charge in [-0.25, -0.2) is 0 Å². The molecule has 0 heterocycles. The highest BCUT2D eigenvalue weighted by atomic mass is 16.3. The van der Waals surface area contributed by atoms with E-state index in [1.807, 2.05) is 30.3 Å². The van der Waals surface area contributed by atoms with E-state index in [0.717, 1.165) is 12.1 Å². The summed E-state index contributed by atoms with van der Waals surface area (Å²) in [6.07, 6.45) is 4.69. The van der Waals surface area contributed by atoms with Crippen molar-refractivity contribution in [3.8, 4) is 0 Å². The van der Waals surface area contributed by atoms with E-state index in [1.165, 1.54) is 19.3 Å². The van der Waals surface area contributed by atoms with Crippen LogP contribution in [0, 0.1) is 0 Å². The number of hydrogen-bond acceptors (Lipinski definition) is 2. The molecule has 15 heavy (non-hydrogen) atoms. The van der Waals surface area contributed by atoms with Crippen molar-refractivity contribution in [1.29, 1.82) is 0 Å². The predicted molar refractivity (Wildman–Crippen MR) is 65.1 cm³/mol. The van der Waals surface area contributed by atoms with Gasteiger partial charge >= 0.3 is 0 Å². The van der Waals surface area contributed by atoms with Gasteiger partial charge in [-0.1, -0.05) is 44.4 Å². The molecule has 1 atom stereocenters. The molecule has 0 amide bonds. The van der Waals surface area contributed by atoms with Crippen molar-refractivity contribution in [3.63, 3.8) is 0 Å². The number of unbranched alkanes of at least 4 members (excludes halogenated alkanes) is 2. The third-order valence-corrected chi connectivity index (χ3v) is 2.52. The summed E-state index contributed by atoms with van der Waals surface area (Å²) in [7, 11) is 0. The van der Waals surface area contributed by atoms with Crippen molar-refractivity contribution >= 4 is 5.69 Å². The summed E-state index contributed by atoms with van der Waals surface area (Å²) >= 11 is 0. The lowest BCUT2D eigenvalue weighted by atomic mass is 10.1. The van der Waals surface area contributed by atoms with Crippen LogP contribution in [-0.4, -0.2) is 17.8 Å². The molecule has 0 aromatic heterocycles. The average Bonchev–Trinajstić information content (AvgIpc) is 2.29. The predicted octanol–water partition coefficient (Wildman–Crippen LogP) is 3.04. The Labute approximate surface area is 92.3 Å². The highest BCUT2D eigenvalue weighted by molar-refractivity contribution is 5.43. The third-order valence-electron chi connectivity index (χ3n) is 2.52. The molecule has 2 heteroatoms. The first-order chi connectivity index (χ1) is 7.36. The molecule has 1 rings (SSSR count). The second-order valence-electron chi connectivity index (χ2n) is 3.89. The minimum atomic E-state index is 0.193. The molecule has 0 saturated heterocycles. The van der Waals surface area contributed by atoms with Crippen molar-refractivity contribution < 1.29 is 5.11 Å². The largest absolute Gasteiger partial charge is 0.394 e. The van der Waals surface area contributed by atoms with Crippen LogP contribution in [0.5, 0.6) is 0 Å². The van der Waals surface area contributed by atoms with Gasteiger partial charge in [0, 0.05) is 11.7 Å². The Morgan fingerprint density at radius 2 is 1.93 bits per heavy atom. The minimum absolute atomic E-state index is 0.193. The first-order valence-corrected chi connectivity index (χ1v) is 5.79. The summed E-state index contributed by atoms with van der Waals surface area (Å²) in [6, 6.07) is 10.3. The number of rotatable bonds is 7. The van der Waals surface area contributed by atoms with Crippen molar-refractivity contribution in [2.75, 3.05) is 11.9 Å². The van der Waals surface area contributed by atoms with Gasteiger partial charge in [-0.2, -0.15) is 0 Å². The third kappa shape index (κ3) is 4.84. The van der Waals surface area contributed by atoms with Crippen LogP contribution >= 0.6 is 0 Å². The van der Waals surface area contributed by atoms with Gasteiger partial charge in [-0.15, -0.1) is 0 Å². The molecule has 1 aromatic rings. The van der Waals surface area contributed by atoms with E-state index >= 15 is 0 Å². The highest BCUT2D eigenvalue weighted by Gasteiger charge is 2.05. The maximum absolute atomic E-state index is 9.22. The Morgan fingerprint density at radius 3 is 2.53 bits per heavy atom. The van der Waals surface area contributed by atoms with E-state index in [4.69, 9.17) is 0 Å². The van der Waals surface area contributed by atoms with E-state index in [1.54, 1.807) is 0 Å². The van der Waals surface area contributed by atoms with Gasteiger partial charge in [-0.3, -0.25) is 0 Å². The van der Waals surface area contributed by atoms with E-state index in [0.29, 0.717) is 0 Å². The zero-order chi connectivity index (χ0) is 10.9. The number of aliphatic hydroxyl groups is 1. The van der Waals surface area contributed by atoms with Crippen LogP contribution in [0.3, 0.4) is 0 Å². The SMILES string of the molecule is CCCCCC(CO)Nc1ccccc1. The van der Waals surface area contributed by atoms with Gasteiger partial charge in [0.1, 0.15) is 0 Å². The highest BCUT2D eigenvalue weighted by Crippen LogP contribution is 2.11. The Bertz CT molecular complexity index is 248. The molecule has 0 aliphatic rings. The van der Waals surface area contributed by atoms with Crippen LogP contribution in [0.2, 0.25) is 0 Å². The van der Waals surface area contributed by atoms with E-state index in [-0.39, 0.29) is 12.6 Å². The molecular weight excluding hydrogens is 186 g/mol. The molecule has 0 bridgehead atoms. The van der Waals surface area contributed by atoms with Crippen LogP contribution < -0.4 is 5.32 Å². The lowest BCUT2D eigenvalue weighted by Crippen LogP contribution is -2.23. The number of anilines is 1. The molecule has 1 unspecified atom stereocenters. The Morgan fingerprint density at radius 1 is 1.20 bits per heavy atom. The second-order valence-corrected chi connectivity index (χ2v) is 3.89. The van der Waals surface area contributed by atoms with E-state index in [9.17, 15) is 5.11 Å². The van der Waals surface area contributed by atoms with Gasteiger partial charge in [-0.05, 0) is 18.6 Å². The van der Waals surface area contributed by atoms with E-state index < -0.39 is 0 Å². The lowest BCUT2D eigenvalue weighted by molar-refractivity contribution is 0.266. The maximum atomic E-state index is 9.22. The van der Waals surface area contributed by atoms with Gasteiger partial charge in [0.2, 0.25) is 0 Å². The Kier molecular flexibility index (Phi) is 5.86. The number of aliphatic hydroxyl groups excluding tert-OH is 1. The molecule has 1 aromatic carbocycles. The topological polar surface area (TPSA) is 32.3 Å². The number of nitrogens with one attached hydrogen (secondary N) is 1. The first-order valence-electron chi connectivity index (χ1n) is 5.79. The molecule has 0 saturated carbocycles. The molecule has 2 nitrogen and oxygen atoms in total. The summed E-state index contributed by atoms with van der Waals surface area (Å²) in [5, 5.41) is 12.6. The normalized spacial score (nSPS) is 12.4. The molecular formula is C13H21NO. The summed E-state index contributed by atoms with van der Waals surface area (Å²) in [5.41, 5.74) is 1.09. The second kappa shape index (κ2) is 7.30. The van der Waals surface area contributed by atoms with Crippen LogP contribution in [0.1, 0.15) is 32.6 Å². The lowest BCUT2D eigenvalue weighted by Gasteiger charge is -2.17. The maximum Gasteiger partial charge on any atom is 0.0632 e. The van der Waals surface area contributed by atoms with Crippen molar-refractivity contribution in [2.45, 2.75) is 38.6 Å². The molecule has 2 N–H and O–H groups in total. The molecule has 0 aliphatic carbocycles. The van der Waals surface area contributed by atoms with Gasteiger partial charge in [0.05, 0.1) is 6.61 Å². The number of para-hydroxylation sites is 1. The van der Waals surface area contributed by atoms with Crippen molar-refractivity contribution in [1.82, 2.24) is 0 Å². The summed E-state index contributed by atoms with van der Waals surface area (Å²) < 4.78 is 0. The molecule has 0 spiro atoms. The average molecular weight is 207 g/mol. The molecule has 84 valence electrons. The summed E-state index contributed by atoms with van der Waals surface area (Å²) in [4.78, 5) is 0. The monoisotopic (exact) mass is 207 g/mol. The summed E-state index contributed by atoms with van der Waals surface area (Å²) in [6.45, 7) is 2.40. The smallest absolute Gasteiger partial charge is 0.0632 e.